The van der Waals surface area contributed by atoms with E-state index in [0.29, 0.717) is 47.9 Å². The number of morpholine rings is 1. The maximum absolute atomic E-state index is 12.0. The number of halogens is 2. The molecule has 2 amide bonds. The largest absolute Gasteiger partial charge is 0.378 e. The van der Waals surface area contributed by atoms with Crippen LogP contribution in [0.15, 0.2) is 22.7 Å². The van der Waals surface area contributed by atoms with Crippen molar-refractivity contribution in [2.24, 2.45) is 0 Å². The highest BCUT2D eigenvalue weighted by molar-refractivity contribution is 9.10. The van der Waals surface area contributed by atoms with Crippen LogP contribution < -0.4 is 5.32 Å². The highest BCUT2D eigenvalue weighted by Crippen LogP contribution is 2.21. The lowest BCUT2D eigenvalue weighted by Gasteiger charge is -2.26. The van der Waals surface area contributed by atoms with E-state index in [9.17, 15) is 9.59 Å². The van der Waals surface area contributed by atoms with Crippen LogP contribution in [0.2, 0.25) is 5.02 Å². The molecule has 5 nitrogen and oxygen atoms in total. The summed E-state index contributed by atoms with van der Waals surface area (Å²) in [5.41, 5.74) is 0.498. The van der Waals surface area contributed by atoms with Gasteiger partial charge in [0.05, 0.1) is 18.8 Å². The standard InChI is InChI=1S/C14H16BrClN2O3/c15-12-9-10(16)1-2-11(12)14(20)17-4-3-13(19)18-5-7-21-8-6-18/h1-2,9H,3-8H2,(H,17,20). The highest BCUT2D eigenvalue weighted by Gasteiger charge is 2.17. The normalized spacial score (nSPS) is 14.9. The number of rotatable bonds is 4. The number of hydrogen-bond donors (Lipinski definition) is 1. The van der Waals surface area contributed by atoms with E-state index in [2.05, 4.69) is 21.2 Å². The first-order chi connectivity index (χ1) is 10.1. The molecule has 2 rings (SSSR count). The zero-order valence-corrected chi connectivity index (χ0v) is 13.7. The molecule has 21 heavy (non-hydrogen) atoms. The van der Waals surface area contributed by atoms with Gasteiger partial charge in [-0.2, -0.15) is 0 Å². The maximum atomic E-state index is 12.0. The second kappa shape index (κ2) is 7.77. The Kier molecular flexibility index (Phi) is 6.02. The van der Waals surface area contributed by atoms with E-state index < -0.39 is 0 Å². The molecule has 1 aromatic carbocycles. The van der Waals surface area contributed by atoms with E-state index in [1.165, 1.54) is 0 Å². The van der Waals surface area contributed by atoms with Gasteiger partial charge >= 0.3 is 0 Å². The highest BCUT2D eigenvalue weighted by atomic mass is 79.9. The van der Waals surface area contributed by atoms with Crippen molar-refractivity contribution >= 4 is 39.3 Å². The van der Waals surface area contributed by atoms with E-state index in [4.69, 9.17) is 16.3 Å². The Labute approximate surface area is 136 Å². The molecule has 1 aliphatic heterocycles. The van der Waals surface area contributed by atoms with Gasteiger partial charge in [0, 0.05) is 35.6 Å². The number of nitrogens with zero attached hydrogens (tertiary/aromatic N) is 1. The van der Waals surface area contributed by atoms with E-state index in [0.717, 1.165) is 0 Å². The molecule has 1 aliphatic rings. The number of nitrogens with one attached hydrogen (secondary N) is 1. The van der Waals surface area contributed by atoms with Gasteiger partial charge in [0.25, 0.3) is 5.91 Å². The molecule has 1 aromatic rings. The van der Waals surface area contributed by atoms with E-state index in [-0.39, 0.29) is 18.2 Å². The molecule has 0 spiro atoms. The number of ether oxygens (including phenoxy) is 1. The van der Waals surface area contributed by atoms with Crippen molar-refractivity contribution in [1.82, 2.24) is 10.2 Å². The SMILES string of the molecule is O=C(NCCC(=O)N1CCOCC1)c1ccc(Cl)cc1Br. The second-order valence-electron chi connectivity index (χ2n) is 4.62. The van der Waals surface area contributed by atoms with Gasteiger partial charge in [-0.3, -0.25) is 9.59 Å². The van der Waals surface area contributed by atoms with Crippen molar-refractivity contribution in [3.05, 3.63) is 33.3 Å². The predicted molar refractivity (Wildman–Crippen MR) is 83.5 cm³/mol. The van der Waals surface area contributed by atoms with E-state index >= 15 is 0 Å². The molecular formula is C14H16BrClN2O3. The average Bonchev–Trinajstić information content (AvgIpc) is 2.47. The maximum Gasteiger partial charge on any atom is 0.252 e. The monoisotopic (exact) mass is 374 g/mol. The molecule has 0 bridgehead atoms. The van der Waals surface area contributed by atoms with Gasteiger partial charge in [0.2, 0.25) is 5.91 Å². The number of carbonyl (C=O) groups is 2. The van der Waals surface area contributed by atoms with Crippen LogP contribution in [0.4, 0.5) is 0 Å². The van der Waals surface area contributed by atoms with Gasteiger partial charge < -0.3 is 15.0 Å². The van der Waals surface area contributed by atoms with Gasteiger partial charge in [0.15, 0.2) is 0 Å². The minimum absolute atomic E-state index is 0.0359. The summed E-state index contributed by atoms with van der Waals surface area (Å²) in [7, 11) is 0. The van der Waals surface area contributed by atoms with Crippen LogP contribution in [-0.4, -0.2) is 49.6 Å². The van der Waals surface area contributed by atoms with Gasteiger partial charge in [-0.25, -0.2) is 0 Å². The summed E-state index contributed by atoms with van der Waals surface area (Å²) in [4.78, 5) is 25.7. The molecular weight excluding hydrogens is 360 g/mol. The van der Waals surface area contributed by atoms with Crippen molar-refractivity contribution < 1.29 is 14.3 Å². The van der Waals surface area contributed by atoms with Crippen molar-refractivity contribution in [2.45, 2.75) is 6.42 Å². The molecule has 0 radical (unpaired) electrons. The van der Waals surface area contributed by atoms with Crippen molar-refractivity contribution in [2.75, 3.05) is 32.8 Å². The average molecular weight is 376 g/mol. The molecule has 0 aliphatic carbocycles. The van der Waals surface area contributed by atoms with Gasteiger partial charge in [-0.1, -0.05) is 11.6 Å². The summed E-state index contributed by atoms with van der Waals surface area (Å²) >= 11 is 9.13. The molecule has 1 saturated heterocycles. The van der Waals surface area contributed by atoms with Crippen molar-refractivity contribution in [3.63, 3.8) is 0 Å². The summed E-state index contributed by atoms with van der Waals surface area (Å²) in [5, 5.41) is 3.29. The van der Waals surface area contributed by atoms with Crippen LogP contribution in [0.5, 0.6) is 0 Å². The number of amides is 2. The van der Waals surface area contributed by atoms with Gasteiger partial charge in [0.1, 0.15) is 0 Å². The summed E-state index contributed by atoms with van der Waals surface area (Å²) < 4.78 is 5.83. The van der Waals surface area contributed by atoms with Crippen LogP contribution in [0.25, 0.3) is 0 Å². The summed E-state index contributed by atoms with van der Waals surface area (Å²) in [5.74, 6) is -0.193. The Hall–Kier alpha value is -1.11. The van der Waals surface area contributed by atoms with E-state index in [1.54, 1.807) is 23.1 Å². The molecule has 0 atom stereocenters. The molecule has 1 fully saturated rings. The quantitative estimate of drug-likeness (QED) is 0.876. The number of hydrogen-bond acceptors (Lipinski definition) is 3. The van der Waals surface area contributed by atoms with Crippen LogP contribution in [-0.2, 0) is 9.53 Å². The first kappa shape index (κ1) is 16.3. The molecule has 114 valence electrons. The van der Waals surface area contributed by atoms with E-state index in [1.807, 2.05) is 0 Å². The fourth-order valence-electron chi connectivity index (χ4n) is 2.02. The molecule has 1 N–H and O–H groups in total. The fraction of sp³-hybridized carbons (Fsp3) is 0.429. The number of carbonyl (C=O) groups excluding carboxylic acids is 2. The smallest absolute Gasteiger partial charge is 0.252 e. The Bertz CT molecular complexity index is 533. The van der Waals surface area contributed by atoms with Gasteiger partial charge in [-0.05, 0) is 34.1 Å². The van der Waals surface area contributed by atoms with Crippen LogP contribution in [0.3, 0.4) is 0 Å². The Balaban J connectivity index is 1.79. The minimum Gasteiger partial charge on any atom is -0.378 e. The van der Waals surface area contributed by atoms with Crippen LogP contribution in [0, 0.1) is 0 Å². The Morgan fingerprint density at radius 1 is 1.33 bits per heavy atom. The molecule has 0 aromatic heterocycles. The first-order valence-corrected chi connectivity index (χ1v) is 7.84. The van der Waals surface area contributed by atoms with Crippen molar-refractivity contribution in [1.29, 1.82) is 0 Å². The number of benzene rings is 1. The Morgan fingerprint density at radius 2 is 2.05 bits per heavy atom. The second-order valence-corrected chi connectivity index (χ2v) is 5.91. The lowest BCUT2D eigenvalue weighted by atomic mass is 10.2. The third kappa shape index (κ3) is 4.69. The molecule has 7 heteroatoms. The van der Waals surface area contributed by atoms with Crippen molar-refractivity contribution in [3.8, 4) is 0 Å². The minimum atomic E-state index is -0.228. The fourth-order valence-corrected chi connectivity index (χ4v) is 2.89. The van der Waals surface area contributed by atoms with Gasteiger partial charge in [-0.15, -0.1) is 0 Å². The summed E-state index contributed by atoms with van der Waals surface area (Å²) in [6.07, 6.45) is 0.289. The lowest BCUT2D eigenvalue weighted by molar-refractivity contribution is -0.135. The zero-order chi connectivity index (χ0) is 15.2. The Morgan fingerprint density at radius 3 is 2.71 bits per heavy atom. The third-order valence-electron chi connectivity index (χ3n) is 3.16. The molecule has 0 unspecified atom stereocenters. The van der Waals surface area contributed by atoms with Crippen LogP contribution in [0.1, 0.15) is 16.8 Å². The summed E-state index contributed by atoms with van der Waals surface area (Å²) in [6.45, 7) is 2.71. The lowest BCUT2D eigenvalue weighted by Crippen LogP contribution is -2.42. The van der Waals surface area contributed by atoms with Crippen LogP contribution >= 0.6 is 27.5 Å². The predicted octanol–water partition coefficient (Wildman–Crippen LogP) is 2.08. The molecule has 1 heterocycles. The third-order valence-corrected chi connectivity index (χ3v) is 4.06. The topological polar surface area (TPSA) is 58.6 Å². The molecule has 0 saturated carbocycles. The zero-order valence-electron chi connectivity index (χ0n) is 11.4. The first-order valence-electron chi connectivity index (χ1n) is 6.66. The summed E-state index contributed by atoms with van der Waals surface area (Å²) in [6, 6.07) is 4.96.